The Morgan fingerprint density at radius 1 is 1.06 bits per heavy atom. The van der Waals surface area contributed by atoms with E-state index in [1.165, 1.54) is 24.1 Å². The number of benzene rings is 2. The molecule has 4 aromatic rings. The largest absolute Gasteiger partial charge is 0.383 e. The molecule has 0 spiro atoms. The van der Waals surface area contributed by atoms with E-state index in [0.29, 0.717) is 18.8 Å². The number of aromatic nitrogens is 2. The summed E-state index contributed by atoms with van der Waals surface area (Å²) in [6.45, 7) is 1.29. The third-order valence-electron chi connectivity index (χ3n) is 4.69. The number of rotatable bonds is 8. The maximum Gasteiger partial charge on any atom is 0.272 e. The fourth-order valence-electron chi connectivity index (χ4n) is 3.11. The fourth-order valence-corrected chi connectivity index (χ4v) is 3.76. The van der Waals surface area contributed by atoms with Crippen molar-refractivity contribution in [1.29, 1.82) is 0 Å². The molecule has 2 aromatic heterocycles. The van der Waals surface area contributed by atoms with Gasteiger partial charge >= 0.3 is 0 Å². The van der Waals surface area contributed by atoms with Crippen molar-refractivity contribution in [3.05, 3.63) is 83.2 Å². The molecule has 2 aromatic carbocycles. The van der Waals surface area contributed by atoms with Crippen LogP contribution in [-0.4, -0.2) is 30.2 Å². The van der Waals surface area contributed by atoms with Gasteiger partial charge in [-0.1, -0.05) is 6.07 Å². The van der Waals surface area contributed by atoms with Gasteiger partial charge in [-0.15, -0.1) is 0 Å². The molecule has 3 N–H and O–H groups in total. The molecule has 0 bridgehead atoms. The molecule has 0 atom stereocenters. The second-order valence-corrected chi connectivity index (χ2v) is 7.68. The molecule has 158 valence electrons. The number of nitrogens with zero attached hydrogens (tertiary/aromatic N) is 1. The number of methoxy groups -OCH3 is 1. The normalized spacial score (nSPS) is 10.9. The lowest BCUT2D eigenvalue weighted by Gasteiger charge is -2.11. The lowest BCUT2D eigenvalue weighted by Crippen LogP contribution is -2.10. The van der Waals surface area contributed by atoms with Crippen LogP contribution in [-0.2, 0) is 4.74 Å². The molecule has 0 aliphatic rings. The summed E-state index contributed by atoms with van der Waals surface area (Å²) in [5, 5.41) is 4.35. The van der Waals surface area contributed by atoms with Crippen LogP contribution in [0.15, 0.2) is 76.7 Å². The summed E-state index contributed by atoms with van der Waals surface area (Å²) in [5.41, 5.74) is 3.83. The minimum absolute atomic E-state index is 0.234. The van der Waals surface area contributed by atoms with E-state index in [-0.39, 0.29) is 11.4 Å². The summed E-state index contributed by atoms with van der Waals surface area (Å²) in [7, 11) is 1.67. The summed E-state index contributed by atoms with van der Waals surface area (Å²) in [6, 6.07) is 15.8. The molecule has 0 fully saturated rings. The minimum atomic E-state index is -0.300. The molecule has 0 aliphatic heterocycles. The van der Waals surface area contributed by atoms with Crippen molar-refractivity contribution in [3.63, 3.8) is 0 Å². The zero-order valence-electron chi connectivity index (χ0n) is 16.8. The molecular weight excluding hydrogens is 415 g/mol. The predicted molar refractivity (Wildman–Crippen MR) is 124 cm³/mol. The molecule has 8 heteroatoms. The molecule has 31 heavy (non-hydrogen) atoms. The van der Waals surface area contributed by atoms with E-state index in [2.05, 4.69) is 20.0 Å². The van der Waals surface area contributed by atoms with Gasteiger partial charge in [-0.25, -0.2) is 4.39 Å². The molecule has 0 aliphatic carbocycles. The number of fused-ring (bicyclic) bond motifs is 1. The molecule has 0 saturated heterocycles. The summed E-state index contributed by atoms with van der Waals surface area (Å²) in [6.07, 6.45) is 3.46. The third-order valence-corrected chi connectivity index (χ3v) is 5.52. The number of nitrogens with one attached hydrogen (secondary N) is 3. The maximum atomic E-state index is 13.1. The van der Waals surface area contributed by atoms with Crippen LogP contribution in [0.5, 0.6) is 0 Å². The smallest absolute Gasteiger partial charge is 0.272 e. The van der Waals surface area contributed by atoms with Gasteiger partial charge < -0.3 is 19.8 Å². The van der Waals surface area contributed by atoms with E-state index in [4.69, 9.17) is 4.74 Å². The van der Waals surface area contributed by atoms with Gasteiger partial charge in [0.2, 0.25) is 0 Å². The Labute approximate surface area is 183 Å². The zero-order chi connectivity index (χ0) is 21.6. The summed E-state index contributed by atoms with van der Waals surface area (Å²) in [5.74, 6) is -0.300. The van der Waals surface area contributed by atoms with Crippen LogP contribution in [0.4, 0.5) is 15.8 Å². The van der Waals surface area contributed by atoms with Crippen molar-refractivity contribution in [1.82, 2.24) is 9.97 Å². The lowest BCUT2D eigenvalue weighted by molar-refractivity contribution is 0.211. The van der Waals surface area contributed by atoms with E-state index in [1.807, 2.05) is 24.3 Å². The summed E-state index contributed by atoms with van der Waals surface area (Å²) in [4.78, 5) is 20.3. The molecule has 0 saturated carbocycles. The van der Waals surface area contributed by atoms with E-state index in [1.54, 1.807) is 37.7 Å². The quantitative estimate of drug-likeness (QED) is 0.269. The van der Waals surface area contributed by atoms with Gasteiger partial charge in [-0.3, -0.25) is 9.78 Å². The second-order valence-electron chi connectivity index (χ2n) is 6.80. The lowest BCUT2D eigenvalue weighted by atomic mass is 10.0. The SMILES string of the molecule is COCCNc1ccnc2ccc(-c3c[nH]c(=O)c(NSc4ccc(F)cc4)c3)cc12. The van der Waals surface area contributed by atoms with E-state index < -0.39 is 0 Å². The van der Waals surface area contributed by atoms with Gasteiger partial charge in [0.25, 0.3) is 5.56 Å². The van der Waals surface area contributed by atoms with E-state index >= 15 is 0 Å². The highest BCUT2D eigenvalue weighted by atomic mass is 32.2. The molecule has 6 nitrogen and oxygen atoms in total. The molecule has 0 amide bonds. The van der Waals surface area contributed by atoms with Crippen molar-refractivity contribution < 1.29 is 9.13 Å². The fraction of sp³-hybridized carbons (Fsp3) is 0.130. The van der Waals surface area contributed by atoms with Crippen molar-refractivity contribution in [2.24, 2.45) is 0 Å². The first-order valence-electron chi connectivity index (χ1n) is 9.67. The Balaban J connectivity index is 1.61. The van der Waals surface area contributed by atoms with Gasteiger partial charge in [-0.05, 0) is 66.0 Å². The highest BCUT2D eigenvalue weighted by Gasteiger charge is 2.08. The molecule has 0 radical (unpaired) electrons. The highest BCUT2D eigenvalue weighted by Crippen LogP contribution is 2.29. The van der Waals surface area contributed by atoms with Gasteiger partial charge in [0, 0.05) is 47.6 Å². The van der Waals surface area contributed by atoms with Crippen molar-refractivity contribution >= 4 is 34.2 Å². The van der Waals surface area contributed by atoms with Crippen LogP contribution in [0.1, 0.15) is 0 Å². The first-order valence-corrected chi connectivity index (χ1v) is 10.5. The Morgan fingerprint density at radius 2 is 1.90 bits per heavy atom. The first-order chi connectivity index (χ1) is 15.1. The van der Waals surface area contributed by atoms with Crippen LogP contribution in [0.25, 0.3) is 22.0 Å². The first kappa shape index (κ1) is 20.9. The van der Waals surface area contributed by atoms with Crippen LogP contribution >= 0.6 is 11.9 Å². The third kappa shape index (κ3) is 5.04. The number of pyridine rings is 2. The van der Waals surface area contributed by atoms with Crippen molar-refractivity contribution in [2.75, 3.05) is 30.3 Å². The summed E-state index contributed by atoms with van der Waals surface area (Å²) >= 11 is 1.25. The monoisotopic (exact) mass is 436 g/mol. The van der Waals surface area contributed by atoms with Gasteiger partial charge in [0.05, 0.1) is 12.1 Å². The topological polar surface area (TPSA) is 79.0 Å². The molecule has 0 unspecified atom stereocenters. The Bertz CT molecular complexity index is 1240. The van der Waals surface area contributed by atoms with Crippen LogP contribution in [0, 0.1) is 5.82 Å². The number of aromatic amines is 1. The molecule has 4 rings (SSSR count). The van der Waals surface area contributed by atoms with E-state index in [0.717, 1.165) is 32.6 Å². The Hall–Kier alpha value is -3.36. The number of H-pyrrole nitrogens is 1. The Kier molecular flexibility index (Phi) is 6.49. The maximum absolute atomic E-state index is 13.1. The van der Waals surface area contributed by atoms with Gasteiger partial charge in [0.1, 0.15) is 11.5 Å². The molecular formula is C23H21FN4O2S. The standard InChI is InChI=1S/C23H21FN4O2S/c1-30-11-10-26-21-8-9-25-20-7-2-15(12-19(20)21)16-13-22(23(29)27-14-16)28-31-18-5-3-17(24)4-6-18/h2-9,12-14,28H,10-11H2,1H3,(H,25,26)(H,27,29). The number of ether oxygens (including phenoxy) is 1. The average Bonchev–Trinajstić information content (AvgIpc) is 2.79. The summed E-state index contributed by atoms with van der Waals surface area (Å²) < 4.78 is 21.2. The number of hydrogen-bond acceptors (Lipinski definition) is 6. The van der Waals surface area contributed by atoms with Crippen molar-refractivity contribution in [3.8, 4) is 11.1 Å². The second kappa shape index (κ2) is 9.63. The molecule has 2 heterocycles. The minimum Gasteiger partial charge on any atom is -0.383 e. The van der Waals surface area contributed by atoms with E-state index in [9.17, 15) is 9.18 Å². The Morgan fingerprint density at radius 3 is 2.71 bits per heavy atom. The van der Waals surface area contributed by atoms with Crippen LogP contribution < -0.4 is 15.6 Å². The number of hydrogen-bond donors (Lipinski definition) is 3. The highest BCUT2D eigenvalue weighted by molar-refractivity contribution is 8.00. The van der Waals surface area contributed by atoms with Gasteiger partial charge in [0.15, 0.2) is 0 Å². The number of anilines is 2. The zero-order valence-corrected chi connectivity index (χ0v) is 17.6. The number of halogens is 1. The van der Waals surface area contributed by atoms with Crippen LogP contribution in [0.2, 0.25) is 0 Å². The van der Waals surface area contributed by atoms with Crippen LogP contribution in [0.3, 0.4) is 0 Å². The van der Waals surface area contributed by atoms with Crippen molar-refractivity contribution in [2.45, 2.75) is 4.90 Å². The predicted octanol–water partition coefficient (Wildman–Crippen LogP) is 4.91. The average molecular weight is 437 g/mol. The van der Waals surface area contributed by atoms with Gasteiger partial charge in [-0.2, -0.15) is 0 Å².